The molecule has 38 heavy (non-hydrogen) atoms. The Kier molecular flexibility index (Phi) is 12.6. The van der Waals surface area contributed by atoms with Crippen LogP contribution in [0.15, 0.2) is 12.2 Å². The first kappa shape index (κ1) is 33.0. The van der Waals surface area contributed by atoms with Crippen LogP contribution < -0.4 is 16.8 Å². The summed E-state index contributed by atoms with van der Waals surface area (Å²) < 4.78 is 17.8. The summed E-state index contributed by atoms with van der Waals surface area (Å²) in [5.41, 5.74) is 11.5. The molecule has 0 spiro atoms. The fraction of sp³-hybridized carbons (Fsp3) is 0.885. The van der Waals surface area contributed by atoms with E-state index in [1.807, 2.05) is 19.9 Å². The molecule has 0 aliphatic carbocycles. The summed E-state index contributed by atoms with van der Waals surface area (Å²) in [6.07, 6.45) is -5.07. The van der Waals surface area contributed by atoms with Crippen molar-refractivity contribution in [3.8, 4) is 0 Å². The highest BCUT2D eigenvalue weighted by Gasteiger charge is 2.50. The first-order valence-electron chi connectivity index (χ1n) is 13.5. The van der Waals surface area contributed by atoms with Gasteiger partial charge in [-0.25, -0.2) is 0 Å². The molecule has 11 atom stereocenters. The molecule has 10 N–H and O–H groups in total. The summed E-state index contributed by atoms with van der Waals surface area (Å²) in [6.45, 7) is 9.53. The Morgan fingerprint density at radius 2 is 1.84 bits per heavy atom. The smallest absolute Gasteiger partial charge is 0.228 e. The Hall–Kier alpha value is -1.19. The van der Waals surface area contributed by atoms with Gasteiger partial charge in [-0.15, -0.1) is 0 Å². The van der Waals surface area contributed by atoms with Gasteiger partial charge in [-0.1, -0.05) is 39.8 Å². The molecule has 222 valence electrons. The number of amides is 1. The monoisotopic (exact) mass is 547 g/mol. The molecule has 8 unspecified atom stereocenters. The molecule has 2 saturated heterocycles. The maximum absolute atomic E-state index is 13.0. The quantitative estimate of drug-likeness (QED) is 0.135. The van der Waals surface area contributed by atoms with Crippen molar-refractivity contribution in [3.05, 3.63) is 12.2 Å². The molecule has 2 rings (SSSR count). The lowest BCUT2D eigenvalue weighted by molar-refractivity contribution is -0.307. The maximum atomic E-state index is 13.0. The average molecular weight is 548 g/mol. The maximum Gasteiger partial charge on any atom is 0.228 e. The number of carbonyl (C=O) groups is 1. The summed E-state index contributed by atoms with van der Waals surface area (Å²) >= 11 is 0. The van der Waals surface area contributed by atoms with Gasteiger partial charge in [0.25, 0.3) is 0 Å². The van der Waals surface area contributed by atoms with E-state index in [1.165, 1.54) is 0 Å². The van der Waals surface area contributed by atoms with Crippen molar-refractivity contribution in [2.24, 2.45) is 29.2 Å². The lowest BCUT2D eigenvalue weighted by Crippen LogP contribution is -2.62. The van der Waals surface area contributed by atoms with Crippen LogP contribution in [-0.2, 0) is 19.0 Å². The van der Waals surface area contributed by atoms with Gasteiger partial charge in [-0.05, 0) is 18.8 Å². The van der Waals surface area contributed by atoms with Crippen LogP contribution in [0, 0.1) is 17.8 Å². The van der Waals surface area contributed by atoms with Crippen molar-refractivity contribution in [3.63, 3.8) is 0 Å². The van der Waals surface area contributed by atoms with E-state index < -0.39 is 72.7 Å². The summed E-state index contributed by atoms with van der Waals surface area (Å²) in [5.74, 6) is -3.45. The highest BCUT2D eigenvalue weighted by atomic mass is 16.7. The zero-order chi connectivity index (χ0) is 28.8. The number of rotatable bonds is 12. The number of hydrogen-bond donors (Lipinski definition) is 8. The number of allylic oxidation sites excluding steroid dienone is 1. The van der Waals surface area contributed by atoms with Gasteiger partial charge in [0.2, 0.25) is 5.91 Å². The second-order valence-corrected chi connectivity index (χ2v) is 11.3. The standard InChI is InChI=1S/C26H49N3O9/c1-13(2)6-7-16(37-25-23(33)21(28)22(32)15(5)36-25)10-19-20(24(34)29-9-8-27)18(31)12-26(35,38-19)11-17(30)14(3)4/h6-7,13-23,25,30-33,35H,8-12,27-28H2,1-5H3,(H,29,34)/b7-6+/t15?,16-,17+,18?,19?,20?,21?,22?,23?,25?,26+/m0/s1. The van der Waals surface area contributed by atoms with Crippen molar-refractivity contribution >= 4 is 5.91 Å². The molecule has 1 amide bonds. The second-order valence-electron chi connectivity index (χ2n) is 11.3. The van der Waals surface area contributed by atoms with Crippen molar-refractivity contribution in [2.45, 2.75) is 115 Å². The van der Waals surface area contributed by atoms with Crippen molar-refractivity contribution in [1.82, 2.24) is 5.32 Å². The van der Waals surface area contributed by atoms with Gasteiger partial charge in [0.15, 0.2) is 12.1 Å². The van der Waals surface area contributed by atoms with E-state index in [0.29, 0.717) is 0 Å². The first-order chi connectivity index (χ1) is 17.7. The molecule has 0 radical (unpaired) electrons. The van der Waals surface area contributed by atoms with E-state index in [2.05, 4.69) is 5.32 Å². The zero-order valence-electron chi connectivity index (χ0n) is 23.1. The number of aliphatic hydroxyl groups is 5. The summed E-state index contributed by atoms with van der Waals surface area (Å²) in [5, 5.41) is 56.1. The number of carbonyl (C=O) groups excluding carboxylic acids is 1. The molecule has 0 aromatic rings. The number of nitrogens with two attached hydrogens (primary N) is 2. The molecule has 0 bridgehead atoms. The SMILES string of the molecule is CC(C)/C=C/[C@@H](CC1O[C@](O)(C[C@@H](O)C(C)C)CC(O)C1C(=O)NCCN)OC1OC(C)C(O)C(N)C1O. The molecule has 0 saturated carbocycles. The third-order valence-electron chi connectivity index (χ3n) is 7.14. The first-order valence-corrected chi connectivity index (χ1v) is 13.5. The molecular weight excluding hydrogens is 498 g/mol. The van der Waals surface area contributed by atoms with Crippen LogP contribution in [-0.4, -0.2) is 105 Å². The van der Waals surface area contributed by atoms with Gasteiger partial charge >= 0.3 is 0 Å². The zero-order valence-corrected chi connectivity index (χ0v) is 23.1. The summed E-state index contributed by atoms with van der Waals surface area (Å²) in [6, 6.07) is -0.997. The predicted octanol–water partition coefficient (Wildman–Crippen LogP) is -1.30. The number of aliphatic hydroxyl groups excluding tert-OH is 4. The lowest BCUT2D eigenvalue weighted by atomic mass is 9.81. The van der Waals surface area contributed by atoms with E-state index in [-0.39, 0.29) is 44.2 Å². The Morgan fingerprint density at radius 3 is 2.42 bits per heavy atom. The predicted molar refractivity (Wildman–Crippen MR) is 139 cm³/mol. The Morgan fingerprint density at radius 1 is 1.18 bits per heavy atom. The minimum absolute atomic E-state index is 0.000171. The van der Waals surface area contributed by atoms with Gasteiger partial charge in [0.1, 0.15) is 6.10 Å². The topological polar surface area (TPSA) is 210 Å². The van der Waals surface area contributed by atoms with Crippen LogP contribution in [0.5, 0.6) is 0 Å². The van der Waals surface area contributed by atoms with Gasteiger partial charge in [0, 0.05) is 32.4 Å². The van der Waals surface area contributed by atoms with Gasteiger partial charge in [0.05, 0.1) is 48.6 Å². The molecule has 0 aromatic carbocycles. The molecular formula is C26H49N3O9. The minimum Gasteiger partial charge on any atom is -0.393 e. The molecule has 0 aromatic heterocycles. The average Bonchev–Trinajstić information content (AvgIpc) is 2.82. The Labute approximate surface area is 225 Å². The fourth-order valence-electron chi connectivity index (χ4n) is 4.76. The Balaban J connectivity index is 2.35. The molecule has 12 nitrogen and oxygen atoms in total. The van der Waals surface area contributed by atoms with Crippen LogP contribution in [0.2, 0.25) is 0 Å². The fourth-order valence-corrected chi connectivity index (χ4v) is 4.76. The van der Waals surface area contributed by atoms with E-state index in [4.69, 9.17) is 25.7 Å². The van der Waals surface area contributed by atoms with E-state index >= 15 is 0 Å². The third kappa shape index (κ3) is 8.91. The largest absolute Gasteiger partial charge is 0.393 e. The van der Waals surface area contributed by atoms with Gasteiger partial charge < -0.3 is 56.5 Å². The van der Waals surface area contributed by atoms with Crippen LogP contribution >= 0.6 is 0 Å². The van der Waals surface area contributed by atoms with Crippen LogP contribution in [0.3, 0.4) is 0 Å². The van der Waals surface area contributed by atoms with Gasteiger partial charge in [-0.3, -0.25) is 4.79 Å². The second kappa shape index (κ2) is 14.4. The van der Waals surface area contributed by atoms with E-state index in [0.717, 1.165) is 0 Å². The third-order valence-corrected chi connectivity index (χ3v) is 7.14. The molecule has 2 heterocycles. The highest BCUT2D eigenvalue weighted by Crippen LogP contribution is 2.38. The van der Waals surface area contributed by atoms with Crippen LogP contribution in [0.25, 0.3) is 0 Å². The van der Waals surface area contributed by atoms with E-state index in [1.54, 1.807) is 26.8 Å². The lowest BCUT2D eigenvalue weighted by Gasteiger charge is -2.46. The molecule has 12 heteroatoms. The summed E-state index contributed by atoms with van der Waals surface area (Å²) in [7, 11) is 0. The van der Waals surface area contributed by atoms with Crippen LogP contribution in [0.1, 0.15) is 53.9 Å². The summed E-state index contributed by atoms with van der Waals surface area (Å²) in [4.78, 5) is 13.0. The van der Waals surface area contributed by atoms with Gasteiger partial charge in [-0.2, -0.15) is 0 Å². The molecule has 2 aliphatic heterocycles. The Bertz CT molecular complexity index is 770. The van der Waals surface area contributed by atoms with Crippen LogP contribution in [0.4, 0.5) is 0 Å². The number of nitrogens with one attached hydrogen (secondary N) is 1. The molecule has 2 fully saturated rings. The molecule has 2 aliphatic rings. The number of hydrogen-bond acceptors (Lipinski definition) is 11. The highest BCUT2D eigenvalue weighted by molar-refractivity contribution is 5.80. The van der Waals surface area contributed by atoms with Crippen molar-refractivity contribution in [1.29, 1.82) is 0 Å². The van der Waals surface area contributed by atoms with Crippen molar-refractivity contribution in [2.75, 3.05) is 13.1 Å². The van der Waals surface area contributed by atoms with Crippen molar-refractivity contribution < 1.29 is 44.5 Å². The number of ether oxygens (including phenoxy) is 3. The minimum atomic E-state index is -1.88. The van der Waals surface area contributed by atoms with E-state index in [9.17, 15) is 30.3 Å². The normalized spacial score (nSPS) is 38.1.